The van der Waals surface area contributed by atoms with Gasteiger partial charge in [-0.3, -0.25) is 14.9 Å². The van der Waals surface area contributed by atoms with Crippen molar-refractivity contribution in [3.05, 3.63) is 63.2 Å². The predicted octanol–water partition coefficient (Wildman–Crippen LogP) is 3.35. The van der Waals surface area contributed by atoms with E-state index >= 15 is 0 Å². The zero-order valence-corrected chi connectivity index (χ0v) is 12.8. The number of aldehydes is 1. The van der Waals surface area contributed by atoms with Gasteiger partial charge in [-0.15, -0.1) is 0 Å². The molecule has 0 aliphatic heterocycles. The van der Waals surface area contributed by atoms with Crippen molar-refractivity contribution in [2.24, 2.45) is 0 Å². The number of carbonyl (C=O) groups excluding carboxylic acids is 1. The van der Waals surface area contributed by atoms with Crippen molar-refractivity contribution in [1.82, 2.24) is 0 Å². The molecule has 2 aromatic rings. The van der Waals surface area contributed by atoms with Gasteiger partial charge in [0.05, 0.1) is 10.5 Å². The van der Waals surface area contributed by atoms with Crippen LogP contribution >= 0.6 is 0 Å². The van der Waals surface area contributed by atoms with Crippen LogP contribution in [0.1, 0.15) is 21.5 Å². The highest BCUT2D eigenvalue weighted by Crippen LogP contribution is 2.31. The van der Waals surface area contributed by atoms with Gasteiger partial charge in [0, 0.05) is 25.8 Å². The molecule has 0 heterocycles. The van der Waals surface area contributed by atoms with Crippen molar-refractivity contribution in [3.63, 3.8) is 0 Å². The molecular formula is C17H16N2O4. The molecule has 0 fully saturated rings. The zero-order chi connectivity index (χ0) is 17.0. The van der Waals surface area contributed by atoms with E-state index in [1.165, 1.54) is 12.1 Å². The number of nitrogens with zero attached hydrogens (tertiary/aromatic N) is 2. The fourth-order valence-electron chi connectivity index (χ4n) is 2.06. The average molecular weight is 312 g/mol. The van der Waals surface area contributed by atoms with Crippen molar-refractivity contribution in [1.29, 1.82) is 0 Å². The van der Waals surface area contributed by atoms with Crippen molar-refractivity contribution < 1.29 is 14.8 Å². The lowest BCUT2D eigenvalue weighted by molar-refractivity contribution is -0.385. The summed E-state index contributed by atoms with van der Waals surface area (Å²) in [7, 11) is 3.89. The van der Waals surface area contributed by atoms with Crippen LogP contribution < -0.4 is 4.90 Å². The summed E-state index contributed by atoms with van der Waals surface area (Å²) in [5.74, 6) is -0.613. The highest BCUT2D eigenvalue weighted by molar-refractivity contribution is 5.85. The van der Waals surface area contributed by atoms with E-state index in [-0.39, 0.29) is 5.56 Å². The number of phenolic OH excluding ortho intramolecular Hbond substituents is 1. The van der Waals surface area contributed by atoms with Crippen molar-refractivity contribution >= 4 is 29.8 Å². The molecule has 0 atom stereocenters. The molecule has 6 nitrogen and oxygen atoms in total. The van der Waals surface area contributed by atoms with E-state index in [1.54, 1.807) is 12.2 Å². The summed E-state index contributed by atoms with van der Waals surface area (Å²) in [6, 6.07) is 10.4. The fourth-order valence-corrected chi connectivity index (χ4v) is 2.06. The first kappa shape index (κ1) is 16.2. The Morgan fingerprint density at radius 2 is 1.70 bits per heavy atom. The van der Waals surface area contributed by atoms with Gasteiger partial charge in [-0.1, -0.05) is 24.3 Å². The van der Waals surface area contributed by atoms with Gasteiger partial charge in [0.15, 0.2) is 6.29 Å². The number of nitro benzene ring substituents is 1. The van der Waals surface area contributed by atoms with Gasteiger partial charge in [0.25, 0.3) is 0 Å². The minimum Gasteiger partial charge on any atom is -0.502 e. The molecule has 6 heteroatoms. The summed E-state index contributed by atoms with van der Waals surface area (Å²) in [5.41, 5.74) is 1.84. The van der Waals surface area contributed by atoms with Gasteiger partial charge in [-0.2, -0.15) is 0 Å². The van der Waals surface area contributed by atoms with Crippen LogP contribution in [0, 0.1) is 10.1 Å². The minimum atomic E-state index is -0.717. The van der Waals surface area contributed by atoms with Crippen LogP contribution in [0.5, 0.6) is 5.75 Å². The Hall–Kier alpha value is -3.15. The van der Waals surface area contributed by atoms with Gasteiger partial charge in [-0.05, 0) is 29.3 Å². The Balaban J connectivity index is 2.33. The molecule has 0 aromatic heterocycles. The Bertz CT molecular complexity index is 765. The molecular weight excluding hydrogens is 296 g/mol. The maximum Gasteiger partial charge on any atom is 0.312 e. The second-order valence-electron chi connectivity index (χ2n) is 5.17. The first-order valence-electron chi connectivity index (χ1n) is 6.84. The average Bonchev–Trinajstić information content (AvgIpc) is 2.53. The standard InChI is InChI=1S/C17H16N2O4/c1-18(2)15-7-5-12(6-8-15)3-4-13-9-14(11-20)17(21)16(10-13)19(22)23/h3-11,21H,1-2H3/b4-3+. The maximum atomic E-state index is 10.9. The molecule has 2 rings (SSSR count). The number of aromatic hydroxyl groups is 1. The van der Waals surface area contributed by atoms with E-state index in [0.717, 1.165) is 11.3 Å². The highest BCUT2D eigenvalue weighted by atomic mass is 16.6. The largest absolute Gasteiger partial charge is 0.502 e. The monoisotopic (exact) mass is 312 g/mol. The fraction of sp³-hybridized carbons (Fsp3) is 0.118. The van der Waals surface area contributed by atoms with E-state index in [4.69, 9.17) is 0 Å². The topological polar surface area (TPSA) is 83.7 Å². The zero-order valence-electron chi connectivity index (χ0n) is 12.8. The summed E-state index contributed by atoms with van der Waals surface area (Å²) in [6.45, 7) is 0. The van der Waals surface area contributed by atoms with Gasteiger partial charge in [0.1, 0.15) is 0 Å². The maximum absolute atomic E-state index is 10.9. The molecule has 0 radical (unpaired) electrons. The van der Waals surface area contributed by atoms with E-state index in [1.807, 2.05) is 43.3 Å². The van der Waals surface area contributed by atoms with Crippen LogP contribution in [0.3, 0.4) is 0 Å². The van der Waals surface area contributed by atoms with Crippen LogP contribution in [0.4, 0.5) is 11.4 Å². The first-order chi connectivity index (χ1) is 10.9. The molecule has 23 heavy (non-hydrogen) atoms. The van der Waals surface area contributed by atoms with Gasteiger partial charge in [0.2, 0.25) is 5.75 Å². The molecule has 0 unspecified atom stereocenters. The molecule has 0 spiro atoms. The smallest absolute Gasteiger partial charge is 0.312 e. The summed E-state index contributed by atoms with van der Waals surface area (Å²) in [5, 5.41) is 20.6. The third-order valence-electron chi connectivity index (χ3n) is 3.34. The normalized spacial score (nSPS) is 10.7. The quantitative estimate of drug-likeness (QED) is 0.396. The van der Waals surface area contributed by atoms with Crippen molar-refractivity contribution in [2.75, 3.05) is 19.0 Å². The Labute approximate surface area is 133 Å². The number of anilines is 1. The lowest BCUT2D eigenvalue weighted by atomic mass is 10.1. The minimum absolute atomic E-state index is 0.109. The van der Waals surface area contributed by atoms with Gasteiger partial charge in [-0.25, -0.2) is 0 Å². The molecule has 0 bridgehead atoms. The summed E-state index contributed by atoms with van der Waals surface area (Å²) in [6.07, 6.45) is 3.83. The summed E-state index contributed by atoms with van der Waals surface area (Å²) < 4.78 is 0. The second kappa shape index (κ2) is 6.74. The number of phenols is 1. The van der Waals surface area contributed by atoms with Crippen LogP contribution in [-0.4, -0.2) is 30.4 Å². The molecule has 0 aliphatic carbocycles. The molecule has 0 saturated carbocycles. The third-order valence-corrected chi connectivity index (χ3v) is 3.34. The SMILES string of the molecule is CN(C)c1ccc(/C=C/c2cc(C=O)c(O)c([N+](=O)[O-])c2)cc1. The summed E-state index contributed by atoms with van der Waals surface area (Å²) in [4.78, 5) is 23.1. The lowest BCUT2D eigenvalue weighted by Gasteiger charge is -2.11. The van der Waals surface area contributed by atoms with Crippen LogP contribution in [0.25, 0.3) is 12.2 Å². The van der Waals surface area contributed by atoms with Gasteiger partial charge < -0.3 is 10.0 Å². The highest BCUT2D eigenvalue weighted by Gasteiger charge is 2.17. The first-order valence-corrected chi connectivity index (χ1v) is 6.84. The second-order valence-corrected chi connectivity index (χ2v) is 5.17. The van der Waals surface area contributed by atoms with Crippen molar-refractivity contribution in [3.8, 4) is 5.75 Å². The molecule has 118 valence electrons. The lowest BCUT2D eigenvalue weighted by Crippen LogP contribution is -2.07. The molecule has 2 aromatic carbocycles. The number of rotatable bonds is 5. The Morgan fingerprint density at radius 1 is 1.09 bits per heavy atom. The van der Waals surface area contributed by atoms with Crippen LogP contribution in [0.2, 0.25) is 0 Å². The van der Waals surface area contributed by atoms with Gasteiger partial charge >= 0.3 is 5.69 Å². The van der Waals surface area contributed by atoms with Crippen LogP contribution in [-0.2, 0) is 0 Å². The number of benzene rings is 2. The molecule has 0 saturated heterocycles. The molecule has 1 N–H and O–H groups in total. The predicted molar refractivity (Wildman–Crippen MR) is 89.8 cm³/mol. The Kier molecular flexibility index (Phi) is 4.75. The van der Waals surface area contributed by atoms with Crippen LogP contribution in [0.15, 0.2) is 36.4 Å². The van der Waals surface area contributed by atoms with E-state index in [9.17, 15) is 20.0 Å². The molecule has 0 aliphatic rings. The number of carbonyl (C=O) groups is 1. The van der Waals surface area contributed by atoms with E-state index in [2.05, 4.69) is 0 Å². The third kappa shape index (κ3) is 3.74. The molecule has 0 amide bonds. The van der Waals surface area contributed by atoms with E-state index in [0.29, 0.717) is 11.8 Å². The Morgan fingerprint density at radius 3 is 2.22 bits per heavy atom. The number of nitro groups is 1. The summed E-state index contributed by atoms with van der Waals surface area (Å²) >= 11 is 0. The number of hydrogen-bond acceptors (Lipinski definition) is 5. The number of hydrogen-bond donors (Lipinski definition) is 1. The van der Waals surface area contributed by atoms with Crippen molar-refractivity contribution in [2.45, 2.75) is 0 Å². The van der Waals surface area contributed by atoms with E-state index < -0.39 is 16.4 Å².